The van der Waals surface area contributed by atoms with Gasteiger partial charge in [0, 0.05) is 27.8 Å². The molecule has 1 heterocycles. The van der Waals surface area contributed by atoms with Crippen LogP contribution in [-0.2, 0) is 4.79 Å². The minimum absolute atomic E-state index is 0.0738. The first kappa shape index (κ1) is 22.7. The monoisotopic (exact) mass is 474 g/mol. The van der Waals surface area contributed by atoms with Gasteiger partial charge in [0.05, 0.1) is 5.02 Å². The lowest BCUT2D eigenvalue weighted by Gasteiger charge is -2.11. The Morgan fingerprint density at radius 1 is 1.00 bits per heavy atom. The number of benzene rings is 2. The van der Waals surface area contributed by atoms with Crippen LogP contribution in [0.25, 0.3) is 10.1 Å². The number of hydrogen-bond donors (Lipinski definition) is 4. The summed E-state index contributed by atoms with van der Waals surface area (Å²) in [5, 5.41) is 6.31. The highest BCUT2D eigenvalue weighted by Gasteiger charge is 2.18. The number of hydrogen-bond acceptors (Lipinski definition) is 5. The van der Waals surface area contributed by atoms with Gasteiger partial charge in [0.2, 0.25) is 5.91 Å². The topological polar surface area (TPSA) is 99.3 Å². The van der Waals surface area contributed by atoms with E-state index in [9.17, 15) is 14.4 Å². The van der Waals surface area contributed by atoms with E-state index in [-0.39, 0.29) is 11.0 Å². The van der Waals surface area contributed by atoms with Gasteiger partial charge in [-0.3, -0.25) is 30.6 Å². The maximum absolute atomic E-state index is 12.5. The number of nitrogens with one attached hydrogen (secondary N) is 4. The summed E-state index contributed by atoms with van der Waals surface area (Å²) in [7, 11) is 0. The fourth-order valence-electron chi connectivity index (χ4n) is 2.69. The molecular formula is C21H19ClN4O3S2. The normalized spacial score (nSPS) is 10.4. The lowest BCUT2D eigenvalue weighted by molar-refractivity contribution is -0.116. The maximum atomic E-state index is 12.5. The van der Waals surface area contributed by atoms with E-state index in [1.807, 2.05) is 31.2 Å². The molecule has 0 fully saturated rings. The van der Waals surface area contributed by atoms with Gasteiger partial charge in [-0.15, -0.1) is 11.3 Å². The molecule has 0 unspecified atom stereocenters. The van der Waals surface area contributed by atoms with Crippen LogP contribution in [-0.4, -0.2) is 22.8 Å². The van der Waals surface area contributed by atoms with Crippen LogP contribution in [0.4, 0.5) is 5.69 Å². The van der Waals surface area contributed by atoms with Crippen molar-refractivity contribution in [1.82, 2.24) is 16.2 Å². The van der Waals surface area contributed by atoms with Gasteiger partial charge in [0.1, 0.15) is 4.88 Å². The van der Waals surface area contributed by atoms with Crippen molar-refractivity contribution in [3.05, 3.63) is 64.0 Å². The number of amides is 3. The van der Waals surface area contributed by atoms with E-state index >= 15 is 0 Å². The third-order valence-corrected chi connectivity index (χ3v) is 6.04. The fraction of sp³-hybridized carbons (Fsp3) is 0.143. The summed E-state index contributed by atoms with van der Waals surface area (Å²) >= 11 is 12.6. The number of hydrazine groups is 1. The van der Waals surface area contributed by atoms with Gasteiger partial charge in [-0.25, -0.2) is 0 Å². The number of carbonyl (C=O) groups is 3. The molecule has 0 spiro atoms. The van der Waals surface area contributed by atoms with Crippen molar-refractivity contribution in [3.8, 4) is 0 Å². The highest BCUT2D eigenvalue weighted by atomic mass is 35.5. The number of thiophene rings is 1. The Kier molecular flexibility index (Phi) is 7.56. The second-order valence-electron chi connectivity index (χ2n) is 6.48. The van der Waals surface area contributed by atoms with Crippen molar-refractivity contribution in [1.29, 1.82) is 0 Å². The molecule has 3 rings (SSSR count). The van der Waals surface area contributed by atoms with Crippen molar-refractivity contribution < 1.29 is 14.4 Å². The molecule has 7 nitrogen and oxygen atoms in total. The van der Waals surface area contributed by atoms with Gasteiger partial charge < -0.3 is 5.32 Å². The summed E-state index contributed by atoms with van der Waals surface area (Å²) in [4.78, 5) is 36.7. The van der Waals surface area contributed by atoms with E-state index < -0.39 is 11.8 Å². The highest BCUT2D eigenvalue weighted by molar-refractivity contribution is 7.80. The molecule has 0 bridgehead atoms. The Bertz CT molecular complexity index is 1150. The summed E-state index contributed by atoms with van der Waals surface area (Å²) in [5.41, 5.74) is 5.86. The maximum Gasteiger partial charge on any atom is 0.269 e. The average Bonchev–Trinajstić information content (AvgIpc) is 3.09. The zero-order valence-electron chi connectivity index (χ0n) is 16.5. The van der Waals surface area contributed by atoms with Crippen molar-refractivity contribution in [2.24, 2.45) is 0 Å². The number of thiocarbonyl (C=S) groups is 1. The molecule has 4 N–H and O–H groups in total. The fourth-order valence-corrected chi connectivity index (χ4v) is 4.25. The summed E-state index contributed by atoms with van der Waals surface area (Å²) < 4.78 is 0.888. The summed E-state index contributed by atoms with van der Waals surface area (Å²) in [6.07, 6.45) is 1.19. The highest BCUT2D eigenvalue weighted by Crippen LogP contribution is 2.34. The number of rotatable bonds is 5. The Labute approximate surface area is 193 Å². The molecule has 0 saturated carbocycles. The third-order valence-electron chi connectivity index (χ3n) is 4.17. The lowest BCUT2D eigenvalue weighted by atomic mass is 10.2. The van der Waals surface area contributed by atoms with Gasteiger partial charge in [-0.2, -0.15) is 0 Å². The van der Waals surface area contributed by atoms with E-state index in [2.05, 4.69) is 21.5 Å². The first-order valence-electron chi connectivity index (χ1n) is 9.37. The van der Waals surface area contributed by atoms with Gasteiger partial charge in [0.15, 0.2) is 5.11 Å². The van der Waals surface area contributed by atoms with Gasteiger partial charge >= 0.3 is 0 Å². The molecule has 0 radical (unpaired) electrons. The Morgan fingerprint density at radius 2 is 1.71 bits per heavy atom. The lowest BCUT2D eigenvalue weighted by Crippen LogP contribution is -2.48. The second-order valence-corrected chi connectivity index (χ2v) is 8.32. The molecule has 2 aromatic carbocycles. The number of anilines is 1. The van der Waals surface area contributed by atoms with Crippen molar-refractivity contribution in [3.63, 3.8) is 0 Å². The van der Waals surface area contributed by atoms with E-state index in [4.69, 9.17) is 23.8 Å². The summed E-state index contributed by atoms with van der Waals surface area (Å²) in [5.74, 6) is -1.01. The zero-order valence-corrected chi connectivity index (χ0v) is 18.8. The van der Waals surface area contributed by atoms with Crippen LogP contribution in [0.2, 0.25) is 5.02 Å². The van der Waals surface area contributed by atoms with Crippen LogP contribution < -0.4 is 21.5 Å². The standard InChI is InChI=1S/C21H19ClN4O3S2/c1-2-5-16(27)23-13-10-8-12(9-11-13)19(28)25-26-21(30)24-20(29)18-17(22)14-6-3-4-7-15(14)31-18/h3-4,6-11H,2,5H2,1H3,(H,23,27)(H,25,28)(H2,24,26,29,30). The molecule has 0 aliphatic heterocycles. The van der Waals surface area contributed by atoms with Crippen LogP contribution in [0.1, 0.15) is 39.8 Å². The number of halogens is 1. The van der Waals surface area contributed by atoms with E-state index in [0.717, 1.165) is 16.5 Å². The van der Waals surface area contributed by atoms with E-state index in [1.165, 1.54) is 11.3 Å². The molecule has 31 heavy (non-hydrogen) atoms. The molecule has 1 aromatic heterocycles. The predicted molar refractivity (Wildman–Crippen MR) is 127 cm³/mol. The molecule has 3 aromatic rings. The van der Waals surface area contributed by atoms with Crippen molar-refractivity contribution in [2.45, 2.75) is 19.8 Å². The van der Waals surface area contributed by atoms with Gasteiger partial charge in [0.25, 0.3) is 11.8 Å². The Hall–Kier alpha value is -3.01. The van der Waals surface area contributed by atoms with Crippen LogP contribution in [0.3, 0.4) is 0 Å². The van der Waals surface area contributed by atoms with Crippen molar-refractivity contribution >= 4 is 73.8 Å². The molecule has 10 heteroatoms. The SMILES string of the molecule is CCCC(=O)Nc1ccc(C(=O)NNC(=S)NC(=O)c2sc3ccccc3c2Cl)cc1. The predicted octanol–water partition coefficient (Wildman–Crippen LogP) is 4.24. The molecular weight excluding hydrogens is 456 g/mol. The Balaban J connectivity index is 1.53. The smallest absolute Gasteiger partial charge is 0.269 e. The van der Waals surface area contributed by atoms with Crippen LogP contribution in [0.15, 0.2) is 48.5 Å². The molecule has 0 atom stereocenters. The number of fused-ring (bicyclic) bond motifs is 1. The summed E-state index contributed by atoms with van der Waals surface area (Å²) in [6, 6.07) is 13.8. The van der Waals surface area contributed by atoms with Gasteiger partial charge in [-0.1, -0.05) is 36.7 Å². The Morgan fingerprint density at radius 3 is 2.39 bits per heavy atom. The summed E-state index contributed by atoms with van der Waals surface area (Å²) in [6.45, 7) is 1.92. The largest absolute Gasteiger partial charge is 0.326 e. The van der Waals surface area contributed by atoms with Gasteiger partial charge in [-0.05, 0) is 49.0 Å². The van der Waals surface area contributed by atoms with Crippen LogP contribution >= 0.6 is 35.2 Å². The van der Waals surface area contributed by atoms with Crippen LogP contribution in [0.5, 0.6) is 0 Å². The number of carbonyl (C=O) groups excluding carboxylic acids is 3. The van der Waals surface area contributed by atoms with Crippen molar-refractivity contribution in [2.75, 3.05) is 5.32 Å². The minimum Gasteiger partial charge on any atom is -0.326 e. The zero-order chi connectivity index (χ0) is 22.4. The van der Waals surface area contributed by atoms with E-state index in [0.29, 0.717) is 27.6 Å². The van der Waals surface area contributed by atoms with E-state index in [1.54, 1.807) is 24.3 Å². The van der Waals surface area contributed by atoms with Crippen LogP contribution in [0, 0.1) is 0 Å². The molecule has 160 valence electrons. The first-order valence-corrected chi connectivity index (χ1v) is 11.0. The molecule has 3 amide bonds. The molecule has 0 aliphatic carbocycles. The molecule has 0 aliphatic rings. The average molecular weight is 475 g/mol. The molecule has 0 saturated heterocycles. The third kappa shape index (κ3) is 5.78. The quantitative estimate of drug-likeness (QED) is 0.327. The second kappa shape index (κ2) is 10.3. The first-order chi connectivity index (χ1) is 14.9. The minimum atomic E-state index is -0.467.